The molecule has 7 heteroatoms. The average molecular weight is 356 g/mol. The number of nitrogens with zero attached hydrogens (tertiary/aromatic N) is 1. The molecule has 0 bridgehead atoms. The number of nitrogens with one attached hydrogen (secondary N) is 1. The molecule has 0 heterocycles. The zero-order valence-electron chi connectivity index (χ0n) is 13.5. The first-order valence-corrected chi connectivity index (χ1v) is 9.13. The number of amides is 1. The Morgan fingerprint density at radius 2 is 1.96 bits per heavy atom. The molecule has 0 radical (unpaired) electrons. The number of hydrogen-bond acceptors (Lipinski definition) is 5. The van der Waals surface area contributed by atoms with Crippen LogP contribution in [-0.4, -0.2) is 21.4 Å². The number of sulfonamides is 1. The van der Waals surface area contributed by atoms with Crippen LogP contribution in [0, 0.1) is 17.2 Å². The van der Waals surface area contributed by atoms with Gasteiger partial charge in [0.25, 0.3) is 10.0 Å². The van der Waals surface area contributed by atoms with Crippen molar-refractivity contribution in [3.05, 3.63) is 59.7 Å². The first kappa shape index (κ1) is 17.0. The van der Waals surface area contributed by atoms with Gasteiger partial charge in [-0.15, -0.1) is 0 Å². The van der Waals surface area contributed by atoms with E-state index < -0.39 is 21.8 Å². The third-order valence-electron chi connectivity index (χ3n) is 4.18. The number of nitriles is 1. The highest BCUT2D eigenvalue weighted by atomic mass is 32.2. The van der Waals surface area contributed by atoms with E-state index in [1.165, 1.54) is 31.4 Å². The van der Waals surface area contributed by atoms with Crippen LogP contribution in [-0.2, 0) is 14.8 Å². The summed E-state index contributed by atoms with van der Waals surface area (Å²) in [5.74, 6) is -0.450. The van der Waals surface area contributed by atoms with E-state index in [4.69, 9.17) is 10.00 Å². The van der Waals surface area contributed by atoms with Gasteiger partial charge < -0.3 is 4.74 Å². The molecule has 1 N–H and O–H groups in total. The lowest BCUT2D eigenvalue weighted by Crippen LogP contribution is -2.32. The van der Waals surface area contributed by atoms with Crippen molar-refractivity contribution >= 4 is 15.9 Å². The van der Waals surface area contributed by atoms with E-state index in [0.29, 0.717) is 17.7 Å². The van der Waals surface area contributed by atoms with E-state index in [1.807, 2.05) is 6.07 Å². The lowest BCUT2D eigenvalue weighted by Gasteiger charge is -2.08. The molecule has 1 saturated carbocycles. The van der Waals surface area contributed by atoms with Crippen LogP contribution in [0.5, 0.6) is 5.75 Å². The quantitative estimate of drug-likeness (QED) is 0.886. The van der Waals surface area contributed by atoms with Gasteiger partial charge in [-0.1, -0.05) is 12.1 Å². The van der Waals surface area contributed by atoms with E-state index in [0.717, 1.165) is 5.56 Å². The van der Waals surface area contributed by atoms with Crippen molar-refractivity contribution in [3.8, 4) is 11.8 Å². The first-order valence-electron chi connectivity index (χ1n) is 7.65. The molecule has 3 rings (SSSR count). The Hall–Kier alpha value is -2.85. The Labute approximate surface area is 146 Å². The molecular formula is C18H16N2O4S. The van der Waals surface area contributed by atoms with Gasteiger partial charge in [0, 0.05) is 5.92 Å². The van der Waals surface area contributed by atoms with E-state index in [2.05, 4.69) is 10.8 Å². The van der Waals surface area contributed by atoms with Crippen LogP contribution < -0.4 is 9.46 Å². The average Bonchev–Trinajstić information content (AvgIpc) is 3.42. The minimum Gasteiger partial charge on any atom is -0.497 e. The molecular weight excluding hydrogens is 340 g/mol. The molecule has 6 nitrogen and oxygen atoms in total. The zero-order chi connectivity index (χ0) is 18.0. The van der Waals surface area contributed by atoms with Crippen molar-refractivity contribution in [2.45, 2.75) is 17.2 Å². The second-order valence-corrected chi connectivity index (χ2v) is 7.51. The lowest BCUT2D eigenvalue weighted by molar-refractivity contribution is -0.120. The van der Waals surface area contributed by atoms with Gasteiger partial charge in [-0.05, 0) is 54.3 Å². The van der Waals surface area contributed by atoms with Crippen LogP contribution in [0.15, 0.2) is 53.4 Å². The largest absolute Gasteiger partial charge is 0.497 e. The van der Waals surface area contributed by atoms with Crippen molar-refractivity contribution in [2.75, 3.05) is 7.11 Å². The number of methoxy groups -OCH3 is 1. The minimum absolute atomic E-state index is 0.00493. The normalized spacial score (nSPS) is 18.9. The molecule has 0 unspecified atom stereocenters. The molecule has 2 aromatic carbocycles. The molecule has 1 aliphatic carbocycles. The van der Waals surface area contributed by atoms with Crippen LogP contribution in [0.3, 0.4) is 0 Å². The fourth-order valence-electron chi connectivity index (χ4n) is 2.71. The summed E-state index contributed by atoms with van der Waals surface area (Å²) in [4.78, 5) is 12.3. The fourth-order valence-corrected chi connectivity index (χ4v) is 3.74. The number of rotatable bonds is 5. The summed E-state index contributed by atoms with van der Waals surface area (Å²) in [6.45, 7) is 0. The number of benzene rings is 2. The first-order chi connectivity index (χ1) is 11.9. The SMILES string of the molecule is COc1ccc(S(=O)(=O)NC(=O)[C@@H]2C[C@H]2c2cccc(C#N)c2)cc1. The van der Waals surface area contributed by atoms with Gasteiger partial charge in [-0.25, -0.2) is 13.1 Å². The van der Waals surface area contributed by atoms with Crippen LogP contribution in [0.2, 0.25) is 0 Å². The second-order valence-electron chi connectivity index (χ2n) is 5.83. The van der Waals surface area contributed by atoms with Gasteiger partial charge in [0.15, 0.2) is 0 Å². The highest BCUT2D eigenvalue weighted by molar-refractivity contribution is 7.90. The number of ether oxygens (including phenoxy) is 1. The Balaban J connectivity index is 1.69. The van der Waals surface area contributed by atoms with Crippen LogP contribution in [0.1, 0.15) is 23.5 Å². The van der Waals surface area contributed by atoms with Gasteiger partial charge in [-0.3, -0.25) is 4.79 Å². The van der Waals surface area contributed by atoms with Crippen molar-refractivity contribution in [1.82, 2.24) is 4.72 Å². The molecule has 2 atom stereocenters. The van der Waals surface area contributed by atoms with E-state index in [1.54, 1.807) is 18.2 Å². The summed E-state index contributed by atoms with van der Waals surface area (Å²) in [6, 6.07) is 14.9. The molecule has 1 fully saturated rings. The van der Waals surface area contributed by atoms with Crippen molar-refractivity contribution in [1.29, 1.82) is 5.26 Å². The predicted molar refractivity (Wildman–Crippen MR) is 90.3 cm³/mol. The maximum atomic E-state index is 12.3. The molecule has 2 aromatic rings. The topological polar surface area (TPSA) is 96.3 Å². The predicted octanol–water partition coefficient (Wildman–Crippen LogP) is 2.18. The summed E-state index contributed by atoms with van der Waals surface area (Å²) in [5, 5.41) is 8.94. The van der Waals surface area contributed by atoms with Gasteiger partial charge in [0.05, 0.1) is 23.6 Å². The third-order valence-corrected chi connectivity index (χ3v) is 5.54. The molecule has 0 spiro atoms. The molecule has 0 saturated heterocycles. The maximum absolute atomic E-state index is 12.3. The van der Waals surface area contributed by atoms with E-state index in [-0.39, 0.29) is 10.8 Å². The minimum atomic E-state index is -3.92. The standard InChI is InChI=1S/C18H16N2O4S/c1-24-14-5-7-15(8-6-14)25(22,23)20-18(21)17-10-16(17)13-4-2-3-12(9-13)11-19/h2-9,16-17H,10H2,1H3,(H,20,21)/t16-,17+/m0/s1. The highest BCUT2D eigenvalue weighted by Crippen LogP contribution is 2.47. The van der Waals surface area contributed by atoms with Crippen molar-refractivity contribution in [2.24, 2.45) is 5.92 Å². The Bertz CT molecular complexity index is 946. The van der Waals surface area contributed by atoms with Gasteiger partial charge in [-0.2, -0.15) is 5.26 Å². The highest BCUT2D eigenvalue weighted by Gasteiger charge is 2.45. The maximum Gasteiger partial charge on any atom is 0.264 e. The van der Waals surface area contributed by atoms with Gasteiger partial charge in [0.2, 0.25) is 5.91 Å². The molecule has 1 amide bonds. The third kappa shape index (κ3) is 3.64. The van der Waals surface area contributed by atoms with Gasteiger partial charge >= 0.3 is 0 Å². The fraction of sp³-hybridized carbons (Fsp3) is 0.222. The summed E-state index contributed by atoms with van der Waals surface area (Å²) in [7, 11) is -2.43. The smallest absolute Gasteiger partial charge is 0.264 e. The second kappa shape index (κ2) is 6.57. The Morgan fingerprint density at radius 1 is 1.24 bits per heavy atom. The number of carbonyl (C=O) groups excluding carboxylic acids is 1. The van der Waals surface area contributed by atoms with Gasteiger partial charge in [0.1, 0.15) is 5.75 Å². The number of hydrogen-bond donors (Lipinski definition) is 1. The molecule has 0 aromatic heterocycles. The molecule has 0 aliphatic heterocycles. The molecule has 128 valence electrons. The Morgan fingerprint density at radius 3 is 2.60 bits per heavy atom. The molecule has 1 aliphatic rings. The summed E-state index contributed by atoms with van der Waals surface area (Å²) in [6.07, 6.45) is 0.568. The summed E-state index contributed by atoms with van der Waals surface area (Å²) in [5.41, 5.74) is 1.40. The number of carbonyl (C=O) groups is 1. The van der Waals surface area contributed by atoms with E-state index >= 15 is 0 Å². The lowest BCUT2D eigenvalue weighted by atomic mass is 10.1. The summed E-state index contributed by atoms with van der Waals surface area (Å²) < 4.78 is 31.7. The van der Waals surface area contributed by atoms with E-state index in [9.17, 15) is 13.2 Å². The summed E-state index contributed by atoms with van der Waals surface area (Å²) >= 11 is 0. The van der Waals surface area contributed by atoms with Crippen LogP contribution in [0.4, 0.5) is 0 Å². The van der Waals surface area contributed by atoms with Crippen LogP contribution in [0.25, 0.3) is 0 Å². The zero-order valence-corrected chi connectivity index (χ0v) is 14.3. The monoisotopic (exact) mass is 356 g/mol. The van der Waals surface area contributed by atoms with Crippen molar-refractivity contribution < 1.29 is 17.9 Å². The Kier molecular flexibility index (Phi) is 4.47. The van der Waals surface area contributed by atoms with Crippen molar-refractivity contribution in [3.63, 3.8) is 0 Å². The van der Waals surface area contributed by atoms with Crippen LogP contribution >= 0.6 is 0 Å². The molecule has 25 heavy (non-hydrogen) atoms.